The average Bonchev–Trinajstić information content (AvgIpc) is 2.37. The molecular weight excluding hydrogens is 271 g/mol. The highest BCUT2D eigenvalue weighted by Gasteiger charge is 2.29. The number of hydrogen-bond donors (Lipinski definition) is 0. The lowest BCUT2D eigenvalue weighted by Crippen LogP contribution is -2.54. The first-order chi connectivity index (χ1) is 9.24. The lowest BCUT2D eigenvalue weighted by atomic mass is 10.0. The van der Waals surface area contributed by atoms with Gasteiger partial charge >= 0.3 is 6.18 Å². The van der Waals surface area contributed by atoms with E-state index in [0.717, 1.165) is 32.7 Å². The van der Waals surface area contributed by atoms with Crippen molar-refractivity contribution in [3.05, 3.63) is 0 Å². The van der Waals surface area contributed by atoms with Crippen molar-refractivity contribution in [1.29, 1.82) is 5.26 Å². The van der Waals surface area contributed by atoms with E-state index in [1.807, 2.05) is 13.8 Å². The molecular formula is C13H22F3N3O. The number of hydrogen-bond acceptors (Lipinski definition) is 4. The quantitative estimate of drug-likeness (QED) is 0.701. The van der Waals surface area contributed by atoms with Crippen LogP contribution in [-0.2, 0) is 4.74 Å². The Morgan fingerprint density at radius 1 is 1.15 bits per heavy atom. The van der Waals surface area contributed by atoms with E-state index in [2.05, 4.69) is 20.6 Å². The van der Waals surface area contributed by atoms with Crippen LogP contribution in [-0.4, -0.2) is 67.5 Å². The largest absolute Gasteiger partial charge is 0.411 e. The zero-order valence-corrected chi connectivity index (χ0v) is 12.0. The maximum absolute atomic E-state index is 11.9. The molecule has 0 radical (unpaired) electrons. The zero-order chi connectivity index (χ0) is 15.2. The highest BCUT2D eigenvalue weighted by molar-refractivity contribution is 5.02. The molecule has 1 fully saturated rings. The standard InChI is InChI=1S/C13H22F3N3O/c1-12(2,10-17)19-7-5-18(6-8-19)4-3-9-20-11-13(14,15)16/h3-9,11H2,1-2H3. The molecule has 0 saturated carbocycles. The van der Waals surface area contributed by atoms with Gasteiger partial charge in [0.15, 0.2) is 0 Å². The highest BCUT2D eigenvalue weighted by Crippen LogP contribution is 2.16. The first-order valence-corrected chi connectivity index (χ1v) is 6.78. The van der Waals surface area contributed by atoms with Crippen LogP contribution in [0.3, 0.4) is 0 Å². The molecule has 116 valence electrons. The smallest absolute Gasteiger partial charge is 0.372 e. The number of rotatable bonds is 6. The van der Waals surface area contributed by atoms with Crippen molar-refractivity contribution in [3.8, 4) is 6.07 Å². The summed E-state index contributed by atoms with van der Waals surface area (Å²) >= 11 is 0. The molecule has 0 spiro atoms. The van der Waals surface area contributed by atoms with Crippen LogP contribution in [0.5, 0.6) is 0 Å². The minimum atomic E-state index is -4.24. The Hall–Kier alpha value is -0.840. The molecule has 1 aliphatic rings. The number of alkyl halides is 3. The van der Waals surface area contributed by atoms with E-state index in [1.54, 1.807) is 0 Å². The van der Waals surface area contributed by atoms with Crippen molar-refractivity contribution in [1.82, 2.24) is 9.80 Å². The fourth-order valence-corrected chi connectivity index (χ4v) is 2.18. The second kappa shape index (κ2) is 7.25. The maximum atomic E-state index is 11.9. The fraction of sp³-hybridized carbons (Fsp3) is 0.923. The minimum absolute atomic E-state index is 0.128. The molecule has 0 aromatic rings. The van der Waals surface area contributed by atoms with Gasteiger partial charge in [0.2, 0.25) is 0 Å². The Morgan fingerprint density at radius 3 is 2.25 bits per heavy atom. The Morgan fingerprint density at radius 2 is 1.75 bits per heavy atom. The van der Waals surface area contributed by atoms with E-state index >= 15 is 0 Å². The zero-order valence-electron chi connectivity index (χ0n) is 12.0. The van der Waals surface area contributed by atoms with Gasteiger partial charge in [-0.1, -0.05) is 0 Å². The molecule has 0 amide bonds. The summed E-state index contributed by atoms with van der Waals surface area (Å²) in [5.74, 6) is 0. The number of nitrogens with zero attached hydrogens (tertiary/aromatic N) is 3. The van der Waals surface area contributed by atoms with E-state index in [9.17, 15) is 13.2 Å². The van der Waals surface area contributed by atoms with Gasteiger partial charge in [0.1, 0.15) is 12.1 Å². The molecule has 0 bridgehead atoms. The van der Waals surface area contributed by atoms with Crippen LogP contribution < -0.4 is 0 Å². The molecule has 0 aliphatic carbocycles. The van der Waals surface area contributed by atoms with Gasteiger partial charge in [-0.3, -0.25) is 4.90 Å². The first-order valence-electron chi connectivity index (χ1n) is 6.78. The van der Waals surface area contributed by atoms with E-state index in [-0.39, 0.29) is 6.61 Å². The van der Waals surface area contributed by atoms with Gasteiger partial charge in [0.25, 0.3) is 0 Å². The molecule has 0 N–H and O–H groups in total. The monoisotopic (exact) mass is 293 g/mol. The van der Waals surface area contributed by atoms with Crippen molar-refractivity contribution < 1.29 is 17.9 Å². The Kier molecular flexibility index (Phi) is 6.24. The number of piperazine rings is 1. The molecule has 0 aromatic heterocycles. The minimum Gasteiger partial charge on any atom is -0.372 e. The summed E-state index contributed by atoms with van der Waals surface area (Å²) in [7, 11) is 0. The normalized spacial score (nSPS) is 19.0. The second-order valence-corrected chi connectivity index (χ2v) is 5.52. The molecule has 1 heterocycles. The lowest BCUT2D eigenvalue weighted by molar-refractivity contribution is -0.174. The summed E-state index contributed by atoms with van der Waals surface area (Å²) in [6, 6.07) is 2.28. The number of halogens is 3. The van der Waals surface area contributed by atoms with Crippen molar-refractivity contribution in [2.45, 2.75) is 32.0 Å². The summed E-state index contributed by atoms with van der Waals surface area (Å²) in [5.41, 5.74) is -0.456. The molecule has 1 saturated heterocycles. The van der Waals surface area contributed by atoms with Crippen molar-refractivity contribution >= 4 is 0 Å². The van der Waals surface area contributed by atoms with Gasteiger partial charge in [-0.2, -0.15) is 18.4 Å². The Labute approximate surface area is 118 Å². The molecule has 4 nitrogen and oxygen atoms in total. The fourth-order valence-electron chi connectivity index (χ4n) is 2.18. The predicted octanol–water partition coefficient (Wildman–Crippen LogP) is 1.88. The van der Waals surface area contributed by atoms with E-state index in [0.29, 0.717) is 6.42 Å². The topological polar surface area (TPSA) is 39.5 Å². The SMILES string of the molecule is CC(C)(C#N)N1CCN(CCCOCC(F)(F)F)CC1. The maximum Gasteiger partial charge on any atom is 0.411 e. The van der Waals surface area contributed by atoms with Gasteiger partial charge in [-0.25, -0.2) is 0 Å². The van der Waals surface area contributed by atoms with Crippen molar-refractivity contribution in [3.63, 3.8) is 0 Å². The molecule has 1 aliphatic heterocycles. The van der Waals surface area contributed by atoms with Crippen LogP contribution in [0.15, 0.2) is 0 Å². The first kappa shape index (κ1) is 17.2. The van der Waals surface area contributed by atoms with Crippen LogP contribution in [0.4, 0.5) is 13.2 Å². The van der Waals surface area contributed by atoms with Gasteiger partial charge in [-0.15, -0.1) is 0 Å². The summed E-state index contributed by atoms with van der Waals surface area (Å²) in [6.45, 7) is 6.78. The predicted molar refractivity (Wildman–Crippen MR) is 69.2 cm³/mol. The second-order valence-electron chi connectivity index (χ2n) is 5.52. The van der Waals surface area contributed by atoms with Crippen LogP contribution in [0.1, 0.15) is 20.3 Å². The van der Waals surface area contributed by atoms with E-state index in [1.165, 1.54) is 0 Å². The van der Waals surface area contributed by atoms with Gasteiger partial charge in [0, 0.05) is 39.3 Å². The summed E-state index contributed by atoms with van der Waals surface area (Å²) < 4.78 is 40.2. The molecule has 20 heavy (non-hydrogen) atoms. The molecule has 0 aromatic carbocycles. The lowest BCUT2D eigenvalue weighted by Gasteiger charge is -2.40. The molecule has 1 rings (SSSR count). The summed E-state index contributed by atoms with van der Waals surface area (Å²) in [6.07, 6.45) is -3.65. The van der Waals surface area contributed by atoms with Gasteiger partial charge < -0.3 is 9.64 Å². The van der Waals surface area contributed by atoms with Crippen LogP contribution >= 0.6 is 0 Å². The number of nitriles is 1. The molecule has 0 atom stereocenters. The van der Waals surface area contributed by atoms with Crippen LogP contribution in [0.2, 0.25) is 0 Å². The van der Waals surface area contributed by atoms with Crippen molar-refractivity contribution in [2.24, 2.45) is 0 Å². The van der Waals surface area contributed by atoms with Crippen LogP contribution in [0, 0.1) is 11.3 Å². The van der Waals surface area contributed by atoms with Gasteiger partial charge in [0.05, 0.1) is 6.07 Å². The number of ether oxygens (including phenoxy) is 1. The van der Waals surface area contributed by atoms with Crippen molar-refractivity contribution in [2.75, 3.05) is 45.9 Å². The summed E-state index contributed by atoms with van der Waals surface area (Å²) in [5, 5.41) is 9.06. The van der Waals surface area contributed by atoms with Crippen LogP contribution in [0.25, 0.3) is 0 Å². The Balaban J connectivity index is 2.13. The molecule has 7 heteroatoms. The third kappa shape index (κ3) is 6.07. The summed E-state index contributed by atoms with van der Waals surface area (Å²) in [4.78, 5) is 4.32. The van der Waals surface area contributed by atoms with E-state index < -0.39 is 18.3 Å². The highest BCUT2D eigenvalue weighted by atomic mass is 19.4. The Bertz CT molecular complexity index is 331. The average molecular weight is 293 g/mol. The van der Waals surface area contributed by atoms with E-state index in [4.69, 9.17) is 5.26 Å². The third-order valence-electron chi connectivity index (χ3n) is 3.47. The molecule has 0 unspecified atom stereocenters. The van der Waals surface area contributed by atoms with Gasteiger partial charge in [-0.05, 0) is 20.3 Å². The third-order valence-corrected chi connectivity index (χ3v) is 3.47.